The Morgan fingerprint density at radius 3 is 2.37 bits per heavy atom. The monoisotopic (exact) mass is 380 g/mol. The molecule has 0 N–H and O–H groups in total. The quantitative estimate of drug-likeness (QED) is 0.542. The fourth-order valence-corrected chi connectivity index (χ4v) is 2.54. The molecule has 0 amide bonds. The standard InChI is InChI=1S/C19H20BF3O4/c1-3-26-18(24)9-12-4-6-16(25-2)17(8-12)27-15-7-5-14(19(21,22)23)10-13(15)11-20/h4-8,10H,3,9,11,20H2,1-2H3. The number of methoxy groups -OCH3 is 1. The number of halogens is 3. The highest BCUT2D eigenvalue weighted by atomic mass is 19.4. The number of hydrogen-bond donors (Lipinski definition) is 0. The van der Waals surface area contributed by atoms with E-state index in [-0.39, 0.29) is 19.0 Å². The lowest BCUT2D eigenvalue weighted by atomic mass is 9.94. The van der Waals surface area contributed by atoms with E-state index in [0.29, 0.717) is 34.7 Å². The molecule has 2 aromatic rings. The highest BCUT2D eigenvalue weighted by molar-refractivity contribution is 6.08. The number of esters is 1. The molecule has 0 fully saturated rings. The third-order valence-corrected chi connectivity index (χ3v) is 3.87. The lowest BCUT2D eigenvalue weighted by Gasteiger charge is -2.16. The van der Waals surface area contributed by atoms with E-state index in [9.17, 15) is 18.0 Å². The van der Waals surface area contributed by atoms with Crippen LogP contribution in [0.4, 0.5) is 13.2 Å². The lowest BCUT2D eigenvalue weighted by Crippen LogP contribution is -2.08. The predicted octanol–water partition coefficient (Wildman–Crippen LogP) is 3.75. The first-order chi connectivity index (χ1) is 12.8. The summed E-state index contributed by atoms with van der Waals surface area (Å²) in [5.74, 6) is 0.646. The van der Waals surface area contributed by atoms with Crippen molar-refractivity contribution in [3.05, 3.63) is 53.1 Å². The molecule has 0 saturated carbocycles. The number of rotatable bonds is 7. The molecule has 0 atom stereocenters. The summed E-state index contributed by atoms with van der Waals surface area (Å²) in [6, 6.07) is 8.30. The van der Waals surface area contributed by atoms with Gasteiger partial charge in [-0.25, -0.2) is 0 Å². The second-order valence-electron chi connectivity index (χ2n) is 5.74. The molecule has 8 heteroatoms. The molecular weight excluding hydrogens is 360 g/mol. The summed E-state index contributed by atoms with van der Waals surface area (Å²) in [5.41, 5.74) is 0.339. The minimum absolute atomic E-state index is 0.0574. The van der Waals surface area contributed by atoms with E-state index in [1.165, 1.54) is 13.2 Å². The van der Waals surface area contributed by atoms with Crippen LogP contribution >= 0.6 is 0 Å². The van der Waals surface area contributed by atoms with E-state index < -0.39 is 11.7 Å². The summed E-state index contributed by atoms with van der Waals surface area (Å²) >= 11 is 0. The molecule has 0 spiro atoms. The number of alkyl halides is 3. The number of carbonyl (C=O) groups is 1. The Balaban J connectivity index is 2.33. The summed E-state index contributed by atoms with van der Waals surface area (Å²) in [7, 11) is 3.21. The first-order valence-corrected chi connectivity index (χ1v) is 8.49. The number of carbonyl (C=O) groups excluding carboxylic acids is 1. The van der Waals surface area contributed by atoms with E-state index in [1.54, 1.807) is 33.0 Å². The fraction of sp³-hybridized carbons (Fsp3) is 0.316. The van der Waals surface area contributed by atoms with Crippen molar-refractivity contribution in [3.63, 3.8) is 0 Å². The van der Waals surface area contributed by atoms with Crippen LogP contribution in [-0.4, -0.2) is 27.5 Å². The SMILES string of the molecule is BCc1cc(C(F)(F)F)ccc1Oc1cc(CC(=O)OCC)ccc1OC. The van der Waals surface area contributed by atoms with Crippen molar-refractivity contribution >= 4 is 13.8 Å². The van der Waals surface area contributed by atoms with Gasteiger partial charge >= 0.3 is 12.1 Å². The molecule has 0 aromatic heterocycles. The zero-order chi connectivity index (χ0) is 20.0. The van der Waals surface area contributed by atoms with Crippen molar-refractivity contribution in [1.29, 1.82) is 0 Å². The van der Waals surface area contributed by atoms with Crippen LogP contribution in [0, 0.1) is 0 Å². The van der Waals surface area contributed by atoms with Crippen LogP contribution < -0.4 is 9.47 Å². The van der Waals surface area contributed by atoms with E-state index in [0.717, 1.165) is 12.1 Å². The normalized spacial score (nSPS) is 11.1. The molecule has 4 nitrogen and oxygen atoms in total. The molecule has 144 valence electrons. The highest BCUT2D eigenvalue weighted by Gasteiger charge is 2.31. The number of hydrogen-bond acceptors (Lipinski definition) is 4. The van der Waals surface area contributed by atoms with Gasteiger partial charge in [0.15, 0.2) is 11.5 Å². The first-order valence-electron chi connectivity index (χ1n) is 8.49. The van der Waals surface area contributed by atoms with Crippen molar-refractivity contribution < 1.29 is 32.2 Å². The molecule has 0 aliphatic heterocycles. The van der Waals surface area contributed by atoms with Gasteiger partial charge in [0.05, 0.1) is 25.7 Å². The van der Waals surface area contributed by atoms with Crippen molar-refractivity contribution in [2.75, 3.05) is 13.7 Å². The Bertz CT molecular complexity index is 806. The molecule has 2 rings (SSSR count). The Hall–Kier alpha value is -2.64. The van der Waals surface area contributed by atoms with Crippen molar-refractivity contribution in [3.8, 4) is 17.2 Å². The van der Waals surface area contributed by atoms with Gasteiger partial charge in [-0.3, -0.25) is 4.79 Å². The number of benzene rings is 2. The molecule has 0 saturated heterocycles. The van der Waals surface area contributed by atoms with Gasteiger partial charge in [-0.1, -0.05) is 12.4 Å². The van der Waals surface area contributed by atoms with Crippen molar-refractivity contribution in [2.24, 2.45) is 0 Å². The highest BCUT2D eigenvalue weighted by Crippen LogP contribution is 2.37. The smallest absolute Gasteiger partial charge is 0.416 e. The lowest BCUT2D eigenvalue weighted by molar-refractivity contribution is -0.142. The molecule has 0 radical (unpaired) electrons. The average molecular weight is 380 g/mol. The average Bonchev–Trinajstić information content (AvgIpc) is 2.61. The minimum Gasteiger partial charge on any atom is -0.493 e. The molecular formula is C19H20BF3O4. The van der Waals surface area contributed by atoms with Crippen LogP contribution in [0.5, 0.6) is 17.2 Å². The maximum Gasteiger partial charge on any atom is 0.416 e. The second kappa shape index (κ2) is 8.84. The topological polar surface area (TPSA) is 44.8 Å². The summed E-state index contributed by atoms with van der Waals surface area (Å²) < 4.78 is 54.8. The van der Waals surface area contributed by atoms with E-state index in [1.807, 2.05) is 0 Å². The van der Waals surface area contributed by atoms with Crippen molar-refractivity contribution in [2.45, 2.75) is 25.8 Å². The summed E-state index contributed by atoms with van der Waals surface area (Å²) in [6.45, 7) is 2.00. The van der Waals surface area contributed by atoms with Gasteiger partial charge in [0.1, 0.15) is 13.6 Å². The molecule has 27 heavy (non-hydrogen) atoms. The molecule has 0 aliphatic rings. The van der Waals surface area contributed by atoms with E-state index in [2.05, 4.69) is 0 Å². The van der Waals surface area contributed by atoms with Crippen LogP contribution in [-0.2, 0) is 28.4 Å². The van der Waals surface area contributed by atoms with Crippen LogP contribution in [0.1, 0.15) is 23.6 Å². The van der Waals surface area contributed by atoms with Gasteiger partial charge in [0, 0.05) is 0 Å². The minimum atomic E-state index is -4.42. The van der Waals surface area contributed by atoms with Crippen LogP contribution in [0.25, 0.3) is 0 Å². The molecule has 0 unspecified atom stereocenters. The molecule has 0 aliphatic carbocycles. The van der Waals surface area contributed by atoms with Gasteiger partial charge in [-0.15, -0.1) is 0 Å². The van der Waals surface area contributed by atoms with Gasteiger partial charge < -0.3 is 14.2 Å². The van der Waals surface area contributed by atoms with Gasteiger partial charge in [0.2, 0.25) is 0 Å². The molecule has 2 aromatic carbocycles. The van der Waals surface area contributed by atoms with E-state index in [4.69, 9.17) is 14.2 Å². The first kappa shape index (κ1) is 20.7. The Morgan fingerprint density at radius 1 is 1.07 bits per heavy atom. The summed E-state index contributed by atoms with van der Waals surface area (Å²) in [4.78, 5) is 11.7. The maximum atomic E-state index is 12.9. The number of ether oxygens (including phenoxy) is 3. The maximum absolute atomic E-state index is 12.9. The third-order valence-electron chi connectivity index (χ3n) is 3.87. The van der Waals surface area contributed by atoms with E-state index >= 15 is 0 Å². The van der Waals surface area contributed by atoms with Gasteiger partial charge in [0.25, 0.3) is 0 Å². The van der Waals surface area contributed by atoms with Crippen molar-refractivity contribution in [1.82, 2.24) is 0 Å². The van der Waals surface area contributed by atoms with Crippen LogP contribution in [0.15, 0.2) is 36.4 Å². The summed E-state index contributed by atoms with van der Waals surface area (Å²) in [5, 5.41) is 0. The fourth-order valence-electron chi connectivity index (χ4n) is 2.54. The molecule has 0 heterocycles. The Morgan fingerprint density at radius 2 is 1.78 bits per heavy atom. The third kappa shape index (κ3) is 5.42. The van der Waals surface area contributed by atoms with Gasteiger partial charge in [-0.05, 0) is 48.4 Å². The zero-order valence-corrected chi connectivity index (χ0v) is 15.4. The summed E-state index contributed by atoms with van der Waals surface area (Å²) in [6.07, 6.45) is -3.99. The zero-order valence-electron chi connectivity index (χ0n) is 15.4. The van der Waals surface area contributed by atoms with Crippen LogP contribution in [0.3, 0.4) is 0 Å². The predicted molar refractivity (Wildman–Crippen MR) is 97.1 cm³/mol. The van der Waals surface area contributed by atoms with Crippen LogP contribution in [0.2, 0.25) is 0 Å². The Labute approximate surface area is 156 Å². The Kier molecular flexibility index (Phi) is 6.77. The second-order valence-corrected chi connectivity index (χ2v) is 5.74. The largest absolute Gasteiger partial charge is 0.493 e. The van der Waals surface area contributed by atoms with Gasteiger partial charge in [-0.2, -0.15) is 13.2 Å². The molecule has 0 bridgehead atoms.